The van der Waals surface area contributed by atoms with Crippen molar-refractivity contribution in [2.75, 3.05) is 19.5 Å². The second kappa shape index (κ2) is 6.75. The van der Waals surface area contributed by atoms with Gasteiger partial charge in [-0.15, -0.1) is 0 Å². The number of primary amides is 1. The number of nitrogens with zero attached hydrogens (tertiary/aromatic N) is 2. The minimum absolute atomic E-state index is 0.106. The molecule has 1 atom stereocenters. The van der Waals surface area contributed by atoms with E-state index in [1.807, 2.05) is 25.1 Å². The molecule has 1 heterocycles. The Hall–Kier alpha value is -2.83. The maximum Gasteiger partial charge on any atom is 0.268 e. The van der Waals surface area contributed by atoms with Crippen LogP contribution in [0.4, 0.5) is 5.82 Å². The normalized spacial score (nSPS) is 11.6. The van der Waals surface area contributed by atoms with Crippen molar-refractivity contribution < 1.29 is 14.3 Å². The summed E-state index contributed by atoms with van der Waals surface area (Å²) in [5.41, 5.74) is 6.21. The lowest BCUT2D eigenvalue weighted by Crippen LogP contribution is -2.16. The molecule has 0 aliphatic rings. The number of aromatic nitrogens is 2. The molecule has 1 aromatic carbocycles. The molecule has 2 rings (SSSR count). The van der Waals surface area contributed by atoms with Gasteiger partial charge in [-0.3, -0.25) is 9.78 Å². The predicted octanol–water partition coefficient (Wildman–Crippen LogP) is 1.77. The zero-order valence-electron chi connectivity index (χ0n) is 12.7. The van der Waals surface area contributed by atoms with Gasteiger partial charge < -0.3 is 20.5 Å². The first-order valence-electron chi connectivity index (χ1n) is 6.65. The summed E-state index contributed by atoms with van der Waals surface area (Å²) in [6.45, 7) is 1.94. The number of nitrogens with two attached hydrogens (primary N) is 1. The van der Waals surface area contributed by atoms with Gasteiger partial charge in [0, 0.05) is 5.56 Å². The van der Waals surface area contributed by atoms with E-state index in [9.17, 15) is 4.79 Å². The van der Waals surface area contributed by atoms with Crippen molar-refractivity contribution in [3.8, 4) is 11.5 Å². The number of anilines is 1. The van der Waals surface area contributed by atoms with Gasteiger partial charge in [0.1, 0.15) is 23.0 Å². The fourth-order valence-electron chi connectivity index (χ4n) is 2.03. The van der Waals surface area contributed by atoms with Crippen LogP contribution in [0, 0.1) is 0 Å². The Balaban J connectivity index is 2.26. The van der Waals surface area contributed by atoms with Crippen molar-refractivity contribution in [3.63, 3.8) is 0 Å². The SMILES string of the molecule is COc1ccc(OC)c(C(C)Nc2cncc(C(N)=O)n2)c1. The number of hydrogen-bond donors (Lipinski definition) is 2. The second-order valence-electron chi connectivity index (χ2n) is 4.63. The number of methoxy groups -OCH3 is 2. The highest BCUT2D eigenvalue weighted by molar-refractivity contribution is 5.90. The third-order valence-electron chi connectivity index (χ3n) is 3.15. The molecule has 1 unspecified atom stereocenters. The second-order valence-corrected chi connectivity index (χ2v) is 4.63. The van der Waals surface area contributed by atoms with Crippen molar-refractivity contribution in [1.82, 2.24) is 9.97 Å². The third kappa shape index (κ3) is 3.43. The lowest BCUT2D eigenvalue weighted by Gasteiger charge is -2.18. The molecular weight excluding hydrogens is 284 g/mol. The highest BCUT2D eigenvalue weighted by Crippen LogP contribution is 2.30. The van der Waals surface area contributed by atoms with Crippen LogP contribution >= 0.6 is 0 Å². The standard InChI is InChI=1S/C15H18N4O3/c1-9(11-6-10(21-2)4-5-13(11)22-3)18-14-8-17-7-12(19-14)15(16)20/h4-9H,1-3H3,(H2,16,20)(H,18,19). The monoisotopic (exact) mass is 302 g/mol. The molecule has 22 heavy (non-hydrogen) atoms. The molecule has 0 aliphatic heterocycles. The lowest BCUT2D eigenvalue weighted by atomic mass is 10.1. The molecule has 0 fully saturated rings. The maximum absolute atomic E-state index is 11.1. The van der Waals surface area contributed by atoms with Gasteiger partial charge in [-0.2, -0.15) is 0 Å². The summed E-state index contributed by atoms with van der Waals surface area (Å²) in [5, 5.41) is 3.16. The molecule has 0 aliphatic carbocycles. The summed E-state index contributed by atoms with van der Waals surface area (Å²) in [7, 11) is 3.21. The zero-order valence-corrected chi connectivity index (χ0v) is 12.7. The molecule has 7 nitrogen and oxygen atoms in total. The number of rotatable bonds is 6. The Morgan fingerprint density at radius 2 is 2.05 bits per heavy atom. The van der Waals surface area contributed by atoms with Gasteiger partial charge in [-0.25, -0.2) is 4.98 Å². The van der Waals surface area contributed by atoms with E-state index in [-0.39, 0.29) is 11.7 Å². The van der Waals surface area contributed by atoms with Crippen LogP contribution in [0.25, 0.3) is 0 Å². The summed E-state index contributed by atoms with van der Waals surface area (Å²) in [6, 6.07) is 5.39. The molecule has 1 aromatic heterocycles. The average Bonchev–Trinajstić information content (AvgIpc) is 2.54. The molecule has 116 valence electrons. The summed E-state index contributed by atoms with van der Waals surface area (Å²) < 4.78 is 10.6. The lowest BCUT2D eigenvalue weighted by molar-refractivity contribution is 0.0995. The maximum atomic E-state index is 11.1. The van der Waals surface area contributed by atoms with Crippen molar-refractivity contribution in [3.05, 3.63) is 41.9 Å². The summed E-state index contributed by atoms with van der Waals surface area (Å²) in [5.74, 6) is 1.28. The van der Waals surface area contributed by atoms with Crippen LogP contribution in [-0.4, -0.2) is 30.1 Å². The van der Waals surface area contributed by atoms with E-state index >= 15 is 0 Å². The summed E-state index contributed by atoms with van der Waals surface area (Å²) in [4.78, 5) is 19.2. The van der Waals surface area contributed by atoms with Crippen molar-refractivity contribution in [2.45, 2.75) is 13.0 Å². The van der Waals surface area contributed by atoms with E-state index in [4.69, 9.17) is 15.2 Å². The third-order valence-corrected chi connectivity index (χ3v) is 3.15. The van der Waals surface area contributed by atoms with E-state index in [1.54, 1.807) is 14.2 Å². The minimum atomic E-state index is -0.622. The molecule has 0 spiro atoms. The molecule has 0 bridgehead atoms. The quantitative estimate of drug-likeness (QED) is 0.843. The van der Waals surface area contributed by atoms with Crippen LogP contribution in [0.3, 0.4) is 0 Å². The number of amides is 1. The number of carbonyl (C=O) groups is 1. The molecule has 0 radical (unpaired) electrons. The van der Waals surface area contributed by atoms with E-state index < -0.39 is 5.91 Å². The highest BCUT2D eigenvalue weighted by Gasteiger charge is 2.14. The smallest absolute Gasteiger partial charge is 0.268 e. The highest BCUT2D eigenvalue weighted by atomic mass is 16.5. The van der Waals surface area contributed by atoms with Gasteiger partial charge >= 0.3 is 0 Å². The average molecular weight is 302 g/mol. The molecular formula is C15H18N4O3. The molecule has 3 N–H and O–H groups in total. The number of ether oxygens (including phenoxy) is 2. The first-order valence-corrected chi connectivity index (χ1v) is 6.65. The van der Waals surface area contributed by atoms with Crippen LogP contribution in [0.2, 0.25) is 0 Å². The summed E-state index contributed by atoms with van der Waals surface area (Å²) in [6.07, 6.45) is 2.85. The fraction of sp³-hybridized carbons (Fsp3) is 0.267. The number of nitrogens with one attached hydrogen (secondary N) is 1. The van der Waals surface area contributed by atoms with Crippen LogP contribution in [-0.2, 0) is 0 Å². The first kappa shape index (κ1) is 15.6. The Morgan fingerprint density at radius 1 is 1.27 bits per heavy atom. The van der Waals surface area contributed by atoms with E-state index in [1.165, 1.54) is 12.4 Å². The van der Waals surface area contributed by atoms with E-state index in [0.29, 0.717) is 5.82 Å². The number of carbonyl (C=O) groups excluding carboxylic acids is 1. The Kier molecular flexibility index (Phi) is 4.77. The van der Waals surface area contributed by atoms with Gasteiger partial charge in [-0.05, 0) is 25.1 Å². The predicted molar refractivity (Wildman–Crippen MR) is 82.1 cm³/mol. The Bertz CT molecular complexity index is 676. The van der Waals surface area contributed by atoms with Crippen molar-refractivity contribution >= 4 is 11.7 Å². The van der Waals surface area contributed by atoms with Crippen LogP contribution in [0.15, 0.2) is 30.6 Å². The summed E-state index contributed by atoms with van der Waals surface area (Å²) >= 11 is 0. The van der Waals surface area contributed by atoms with Gasteiger partial charge in [0.25, 0.3) is 5.91 Å². The number of hydrogen-bond acceptors (Lipinski definition) is 6. The molecule has 0 saturated heterocycles. The minimum Gasteiger partial charge on any atom is -0.497 e. The van der Waals surface area contributed by atoms with Crippen LogP contribution < -0.4 is 20.5 Å². The van der Waals surface area contributed by atoms with Crippen molar-refractivity contribution in [2.24, 2.45) is 5.73 Å². The van der Waals surface area contributed by atoms with E-state index in [2.05, 4.69) is 15.3 Å². The first-order chi connectivity index (χ1) is 10.5. The van der Waals surface area contributed by atoms with Crippen molar-refractivity contribution in [1.29, 1.82) is 0 Å². The zero-order chi connectivity index (χ0) is 16.1. The van der Waals surface area contributed by atoms with E-state index in [0.717, 1.165) is 17.1 Å². The molecule has 1 amide bonds. The van der Waals surface area contributed by atoms with Crippen LogP contribution in [0.5, 0.6) is 11.5 Å². The molecule has 2 aromatic rings. The largest absolute Gasteiger partial charge is 0.497 e. The fourth-order valence-corrected chi connectivity index (χ4v) is 2.03. The molecule has 0 saturated carbocycles. The van der Waals surface area contributed by atoms with Gasteiger partial charge in [0.15, 0.2) is 0 Å². The number of benzene rings is 1. The van der Waals surface area contributed by atoms with Gasteiger partial charge in [-0.1, -0.05) is 0 Å². The van der Waals surface area contributed by atoms with Gasteiger partial charge in [0.2, 0.25) is 0 Å². The topological polar surface area (TPSA) is 99.4 Å². The van der Waals surface area contributed by atoms with Gasteiger partial charge in [0.05, 0.1) is 32.7 Å². The Morgan fingerprint density at radius 3 is 2.68 bits per heavy atom. The Labute approximate surface area is 128 Å². The van der Waals surface area contributed by atoms with Crippen LogP contribution in [0.1, 0.15) is 29.0 Å². The molecule has 7 heteroatoms.